The Labute approximate surface area is 118 Å². The Bertz CT molecular complexity index is 705. The lowest BCUT2D eigenvalue weighted by atomic mass is 10.3. The predicted molar refractivity (Wildman–Crippen MR) is 78.6 cm³/mol. The van der Waals surface area contributed by atoms with Gasteiger partial charge in [-0.3, -0.25) is 0 Å². The molecule has 0 spiro atoms. The number of nitrogens with zero attached hydrogens (tertiary/aromatic N) is 2. The zero-order chi connectivity index (χ0) is 13.2. The highest BCUT2D eigenvalue weighted by molar-refractivity contribution is 7.22. The molecule has 0 unspecified atom stereocenters. The summed E-state index contributed by atoms with van der Waals surface area (Å²) in [5, 5.41) is 7.26. The van der Waals surface area contributed by atoms with Gasteiger partial charge in [0.05, 0.1) is 15.2 Å². The zero-order valence-electron chi connectivity index (χ0n) is 10.3. The minimum atomic E-state index is -0.221. The normalized spacial score (nSPS) is 11.1. The topological polar surface area (TPSA) is 37.8 Å². The summed E-state index contributed by atoms with van der Waals surface area (Å²) >= 11 is 3.15. The average Bonchev–Trinajstić information content (AvgIpc) is 2.95. The van der Waals surface area contributed by atoms with Gasteiger partial charge in [0.2, 0.25) is 0 Å². The number of hydrogen-bond acceptors (Lipinski definition) is 5. The molecule has 0 radical (unpaired) electrons. The van der Waals surface area contributed by atoms with Crippen LogP contribution in [0, 0.1) is 12.7 Å². The molecule has 98 valence electrons. The fourth-order valence-electron chi connectivity index (χ4n) is 1.77. The van der Waals surface area contributed by atoms with Crippen molar-refractivity contribution in [3.8, 4) is 0 Å². The van der Waals surface area contributed by atoms with Crippen LogP contribution in [0.15, 0.2) is 23.6 Å². The SMILES string of the molecule is Cc1csc(CCNc2nc3ccc(F)cc3s2)n1. The van der Waals surface area contributed by atoms with E-state index in [0.29, 0.717) is 0 Å². The van der Waals surface area contributed by atoms with Crippen molar-refractivity contribution in [1.82, 2.24) is 9.97 Å². The molecule has 0 amide bonds. The van der Waals surface area contributed by atoms with Crippen molar-refractivity contribution in [2.75, 3.05) is 11.9 Å². The Balaban J connectivity index is 1.65. The number of rotatable bonds is 4. The molecule has 0 saturated heterocycles. The number of nitrogens with one attached hydrogen (secondary N) is 1. The van der Waals surface area contributed by atoms with Crippen LogP contribution < -0.4 is 5.32 Å². The van der Waals surface area contributed by atoms with E-state index in [1.165, 1.54) is 23.5 Å². The van der Waals surface area contributed by atoms with Crippen molar-refractivity contribution in [1.29, 1.82) is 0 Å². The Hall–Kier alpha value is -1.53. The molecule has 1 aromatic carbocycles. The van der Waals surface area contributed by atoms with E-state index in [1.807, 2.05) is 6.92 Å². The maximum absolute atomic E-state index is 13.1. The highest BCUT2D eigenvalue weighted by Gasteiger charge is 2.05. The standard InChI is InChI=1S/C13H12FN3S2/c1-8-7-18-12(16-8)4-5-15-13-17-10-3-2-9(14)6-11(10)19-13/h2-3,6-7H,4-5H2,1H3,(H,15,17). The van der Waals surface area contributed by atoms with E-state index in [0.717, 1.165) is 39.0 Å². The van der Waals surface area contributed by atoms with Crippen molar-refractivity contribution in [2.45, 2.75) is 13.3 Å². The number of anilines is 1. The van der Waals surface area contributed by atoms with Crippen molar-refractivity contribution in [3.05, 3.63) is 40.1 Å². The molecule has 3 aromatic rings. The van der Waals surface area contributed by atoms with Crippen LogP contribution in [0.4, 0.5) is 9.52 Å². The zero-order valence-corrected chi connectivity index (χ0v) is 11.9. The summed E-state index contributed by atoms with van der Waals surface area (Å²) in [6, 6.07) is 4.66. The number of hydrogen-bond donors (Lipinski definition) is 1. The second-order valence-corrected chi connectivity index (χ2v) is 6.16. The third-order valence-corrected chi connectivity index (χ3v) is 4.63. The Morgan fingerprint density at radius 2 is 2.21 bits per heavy atom. The van der Waals surface area contributed by atoms with Crippen LogP contribution in [0.3, 0.4) is 0 Å². The molecule has 0 atom stereocenters. The molecule has 3 nitrogen and oxygen atoms in total. The van der Waals surface area contributed by atoms with E-state index in [-0.39, 0.29) is 5.82 Å². The first-order valence-electron chi connectivity index (χ1n) is 5.92. The summed E-state index contributed by atoms with van der Waals surface area (Å²) < 4.78 is 13.9. The van der Waals surface area contributed by atoms with Gasteiger partial charge in [0.15, 0.2) is 5.13 Å². The molecule has 0 bridgehead atoms. The quantitative estimate of drug-likeness (QED) is 0.794. The molecule has 2 aromatic heterocycles. The molecular weight excluding hydrogens is 281 g/mol. The van der Waals surface area contributed by atoms with Crippen LogP contribution in [0.1, 0.15) is 10.7 Å². The van der Waals surface area contributed by atoms with Crippen LogP contribution in [0.5, 0.6) is 0 Å². The van der Waals surface area contributed by atoms with E-state index < -0.39 is 0 Å². The van der Waals surface area contributed by atoms with E-state index in [4.69, 9.17) is 0 Å². The summed E-state index contributed by atoms with van der Waals surface area (Å²) in [5.41, 5.74) is 1.90. The summed E-state index contributed by atoms with van der Waals surface area (Å²) in [4.78, 5) is 8.82. The number of thiazole rings is 2. The fourth-order valence-corrected chi connectivity index (χ4v) is 3.46. The van der Waals surface area contributed by atoms with Crippen LogP contribution in [-0.2, 0) is 6.42 Å². The summed E-state index contributed by atoms with van der Waals surface area (Å²) in [6.45, 7) is 2.78. The van der Waals surface area contributed by atoms with Crippen molar-refractivity contribution < 1.29 is 4.39 Å². The number of aryl methyl sites for hydroxylation is 1. The summed E-state index contributed by atoms with van der Waals surface area (Å²) in [6.07, 6.45) is 0.878. The second kappa shape index (κ2) is 5.22. The van der Waals surface area contributed by atoms with E-state index in [9.17, 15) is 4.39 Å². The van der Waals surface area contributed by atoms with Gasteiger partial charge in [0.25, 0.3) is 0 Å². The van der Waals surface area contributed by atoms with Gasteiger partial charge < -0.3 is 5.32 Å². The van der Waals surface area contributed by atoms with Crippen molar-refractivity contribution >= 4 is 38.0 Å². The van der Waals surface area contributed by atoms with E-state index >= 15 is 0 Å². The molecular formula is C13H12FN3S2. The van der Waals surface area contributed by atoms with Crippen molar-refractivity contribution in [3.63, 3.8) is 0 Å². The molecule has 0 aliphatic heterocycles. The molecule has 0 saturated carbocycles. The van der Waals surface area contributed by atoms with Gasteiger partial charge >= 0.3 is 0 Å². The first-order chi connectivity index (χ1) is 9.20. The second-order valence-electron chi connectivity index (χ2n) is 4.19. The third kappa shape index (κ3) is 2.90. The number of aromatic nitrogens is 2. The van der Waals surface area contributed by atoms with Gasteiger partial charge in [0.1, 0.15) is 5.82 Å². The third-order valence-electron chi connectivity index (χ3n) is 2.63. The lowest BCUT2D eigenvalue weighted by Crippen LogP contribution is -2.04. The molecule has 19 heavy (non-hydrogen) atoms. The van der Waals surface area contributed by atoms with E-state index in [1.54, 1.807) is 17.4 Å². The largest absolute Gasteiger partial charge is 0.361 e. The monoisotopic (exact) mass is 293 g/mol. The molecule has 1 N–H and O–H groups in total. The first-order valence-corrected chi connectivity index (χ1v) is 7.61. The van der Waals surface area contributed by atoms with Crippen LogP contribution >= 0.6 is 22.7 Å². The van der Waals surface area contributed by atoms with Crippen LogP contribution in [0.2, 0.25) is 0 Å². The average molecular weight is 293 g/mol. The lowest BCUT2D eigenvalue weighted by molar-refractivity contribution is 0.630. The molecule has 2 heterocycles. The lowest BCUT2D eigenvalue weighted by Gasteiger charge is -1.99. The highest BCUT2D eigenvalue weighted by Crippen LogP contribution is 2.26. The molecule has 6 heteroatoms. The minimum absolute atomic E-state index is 0.221. The number of halogens is 1. The highest BCUT2D eigenvalue weighted by atomic mass is 32.1. The van der Waals surface area contributed by atoms with Gasteiger partial charge in [-0.1, -0.05) is 11.3 Å². The van der Waals surface area contributed by atoms with Gasteiger partial charge in [-0.25, -0.2) is 14.4 Å². The Morgan fingerprint density at radius 1 is 1.32 bits per heavy atom. The Kier molecular flexibility index (Phi) is 3.44. The van der Waals surface area contributed by atoms with Gasteiger partial charge in [0, 0.05) is 24.0 Å². The van der Waals surface area contributed by atoms with E-state index in [2.05, 4.69) is 20.7 Å². The first kappa shape index (κ1) is 12.5. The van der Waals surface area contributed by atoms with Gasteiger partial charge in [-0.05, 0) is 25.1 Å². The number of fused-ring (bicyclic) bond motifs is 1. The molecule has 0 fully saturated rings. The summed E-state index contributed by atoms with van der Waals surface area (Å²) in [5.74, 6) is -0.221. The molecule has 0 aliphatic carbocycles. The van der Waals surface area contributed by atoms with Gasteiger partial charge in [-0.15, -0.1) is 11.3 Å². The number of benzene rings is 1. The summed E-state index contributed by atoms with van der Waals surface area (Å²) in [7, 11) is 0. The Morgan fingerprint density at radius 3 is 3.00 bits per heavy atom. The fraction of sp³-hybridized carbons (Fsp3) is 0.231. The van der Waals surface area contributed by atoms with Gasteiger partial charge in [-0.2, -0.15) is 0 Å². The maximum atomic E-state index is 13.1. The van der Waals surface area contributed by atoms with Crippen molar-refractivity contribution in [2.24, 2.45) is 0 Å². The minimum Gasteiger partial charge on any atom is -0.361 e. The maximum Gasteiger partial charge on any atom is 0.183 e. The predicted octanol–water partition coefficient (Wildman–Crippen LogP) is 3.85. The molecule has 0 aliphatic rings. The molecule has 3 rings (SSSR count). The smallest absolute Gasteiger partial charge is 0.183 e. The van der Waals surface area contributed by atoms with Crippen LogP contribution in [0.25, 0.3) is 10.2 Å². The van der Waals surface area contributed by atoms with Crippen LogP contribution in [-0.4, -0.2) is 16.5 Å².